The monoisotopic (exact) mass is 380 g/mol. The number of sulfone groups is 1. The van der Waals surface area contributed by atoms with Gasteiger partial charge in [-0.1, -0.05) is 36.7 Å². The molecule has 1 amide bonds. The van der Waals surface area contributed by atoms with Crippen LogP contribution in [0.15, 0.2) is 47.4 Å². The summed E-state index contributed by atoms with van der Waals surface area (Å²) in [5.41, 5.74) is 2.11. The molecular formula is C18H21ClN2O3S. The van der Waals surface area contributed by atoms with Gasteiger partial charge in [0.15, 0.2) is 9.84 Å². The van der Waals surface area contributed by atoms with Crippen molar-refractivity contribution in [2.75, 3.05) is 30.1 Å². The first-order valence-corrected chi connectivity index (χ1v) is 9.85. The summed E-state index contributed by atoms with van der Waals surface area (Å²) in [6.07, 6.45) is 0.145. The van der Waals surface area contributed by atoms with Crippen molar-refractivity contribution in [1.29, 1.82) is 0 Å². The van der Waals surface area contributed by atoms with Crippen LogP contribution in [0.3, 0.4) is 0 Å². The van der Waals surface area contributed by atoms with Crippen molar-refractivity contribution in [3.8, 4) is 0 Å². The van der Waals surface area contributed by atoms with Gasteiger partial charge in [-0.05, 0) is 29.8 Å². The van der Waals surface area contributed by atoms with Gasteiger partial charge in [-0.15, -0.1) is 0 Å². The predicted octanol–water partition coefficient (Wildman–Crippen LogP) is 3.38. The van der Waals surface area contributed by atoms with Crippen LogP contribution in [0.4, 0.5) is 11.4 Å². The fraction of sp³-hybridized carbons (Fsp3) is 0.278. The van der Waals surface area contributed by atoms with Gasteiger partial charge in [0.1, 0.15) is 0 Å². The minimum atomic E-state index is -3.23. The molecule has 0 heterocycles. The molecule has 0 saturated carbocycles. The van der Waals surface area contributed by atoms with E-state index in [0.717, 1.165) is 11.3 Å². The van der Waals surface area contributed by atoms with Crippen molar-refractivity contribution in [3.63, 3.8) is 0 Å². The maximum atomic E-state index is 12.3. The number of hydrogen-bond donors (Lipinski definition) is 1. The Bertz CT molecular complexity index is 862. The number of nitrogens with zero attached hydrogens (tertiary/aromatic N) is 1. The summed E-state index contributed by atoms with van der Waals surface area (Å²) in [4.78, 5) is 14.4. The Morgan fingerprint density at radius 1 is 1.12 bits per heavy atom. The van der Waals surface area contributed by atoms with Gasteiger partial charge in [0.25, 0.3) is 0 Å². The SMILES string of the molecule is CCS(=O)(=O)c1ccc(CC(=O)Nc2cccc(Cl)c2N(C)C)cc1. The van der Waals surface area contributed by atoms with E-state index in [1.54, 1.807) is 37.3 Å². The zero-order valence-corrected chi connectivity index (χ0v) is 16.0. The number of amides is 1. The van der Waals surface area contributed by atoms with Gasteiger partial charge in [0.05, 0.1) is 33.5 Å². The van der Waals surface area contributed by atoms with E-state index < -0.39 is 9.84 Å². The fourth-order valence-corrected chi connectivity index (χ4v) is 3.66. The molecule has 2 aromatic carbocycles. The third-order valence-electron chi connectivity index (χ3n) is 3.74. The zero-order chi connectivity index (χ0) is 18.6. The second-order valence-electron chi connectivity index (χ2n) is 5.80. The molecule has 2 rings (SSSR count). The van der Waals surface area contributed by atoms with Gasteiger partial charge >= 0.3 is 0 Å². The van der Waals surface area contributed by atoms with Crippen molar-refractivity contribution in [2.45, 2.75) is 18.2 Å². The van der Waals surface area contributed by atoms with Crippen LogP contribution in [-0.2, 0) is 21.1 Å². The summed E-state index contributed by atoms with van der Waals surface area (Å²) in [5, 5.41) is 3.41. The number of para-hydroxylation sites is 1. The van der Waals surface area contributed by atoms with E-state index in [1.165, 1.54) is 12.1 Å². The quantitative estimate of drug-likeness (QED) is 0.834. The number of carbonyl (C=O) groups excluding carboxylic acids is 1. The Morgan fingerprint density at radius 3 is 2.32 bits per heavy atom. The average molecular weight is 381 g/mol. The highest BCUT2D eigenvalue weighted by atomic mass is 35.5. The van der Waals surface area contributed by atoms with Gasteiger partial charge in [-0.2, -0.15) is 0 Å². The largest absolute Gasteiger partial charge is 0.375 e. The van der Waals surface area contributed by atoms with Crippen LogP contribution >= 0.6 is 11.6 Å². The van der Waals surface area contributed by atoms with E-state index in [4.69, 9.17) is 11.6 Å². The van der Waals surface area contributed by atoms with Crippen LogP contribution in [0.1, 0.15) is 12.5 Å². The van der Waals surface area contributed by atoms with Gasteiger partial charge in [-0.25, -0.2) is 8.42 Å². The van der Waals surface area contributed by atoms with E-state index in [0.29, 0.717) is 10.7 Å². The number of halogens is 1. The Labute approximate surface area is 153 Å². The molecule has 0 saturated heterocycles. The Balaban J connectivity index is 2.13. The van der Waals surface area contributed by atoms with E-state index in [2.05, 4.69) is 5.32 Å². The summed E-state index contributed by atoms with van der Waals surface area (Å²) in [5.74, 6) is -0.147. The summed E-state index contributed by atoms with van der Waals surface area (Å²) in [6.45, 7) is 1.60. The molecule has 0 aromatic heterocycles. The highest BCUT2D eigenvalue weighted by Gasteiger charge is 2.14. The Morgan fingerprint density at radius 2 is 1.76 bits per heavy atom. The second kappa shape index (κ2) is 7.89. The summed E-state index contributed by atoms with van der Waals surface area (Å²) < 4.78 is 23.6. The van der Waals surface area contributed by atoms with E-state index in [1.807, 2.05) is 19.0 Å². The second-order valence-corrected chi connectivity index (χ2v) is 8.49. The third kappa shape index (κ3) is 4.74. The molecule has 0 aliphatic rings. The molecule has 2 aromatic rings. The van der Waals surface area contributed by atoms with Crippen molar-refractivity contribution in [1.82, 2.24) is 0 Å². The van der Waals surface area contributed by atoms with Crippen molar-refractivity contribution in [3.05, 3.63) is 53.1 Å². The molecular weight excluding hydrogens is 360 g/mol. The van der Waals surface area contributed by atoms with Crippen LogP contribution in [-0.4, -0.2) is 34.2 Å². The number of nitrogens with one attached hydrogen (secondary N) is 1. The van der Waals surface area contributed by atoms with E-state index >= 15 is 0 Å². The lowest BCUT2D eigenvalue weighted by molar-refractivity contribution is -0.115. The summed E-state index contributed by atoms with van der Waals surface area (Å²) in [6, 6.07) is 11.7. The molecule has 25 heavy (non-hydrogen) atoms. The van der Waals surface area contributed by atoms with E-state index in [9.17, 15) is 13.2 Å². The number of rotatable bonds is 6. The lowest BCUT2D eigenvalue weighted by atomic mass is 10.1. The molecule has 7 heteroatoms. The number of anilines is 2. The van der Waals surface area contributed by atoms with Crippen LogP contribution in [0.25, 0.3) is 0 Å². The molecule has 5 nitrogen and oxygen atoms in total. The number of benzene rings is 2. The summed E-state index contributed by atoms with van der Waals surface area (Å²) >= 11 is 6.19. The first-order chi connectivity index (χ1) is 11.7. The number of hydrogen-bond acceptors (Lipinski definition) is 4. The van der Waals surface area contributed by atoms with E-state index in [-0.39, 0.29) is 23.0 Å². The molecule has 0 spiro atoms. The van der Waals surface area contributed by atoms with Crippen LogP contribution < -0.4 is 10.2 Å². The maximum Gasteiger partial charge on any atom is 0.228 e. The molecule has 0 atom stereocenters. The third-order valence-corrected chi connectivity index (χ3v) is 5.79. The minimum absolute atomic E-state index is 0.0505. The van der Waals surface area contributed by atoms with Crippen LogP contribution in [0.2, 0.25) is 5.02 Å². The van der Waals surface area contributed by atoms with Gasteiger partial charge in [0.2, 0.25) is 5.91 Å². The van der Waals surface area contributed by atoms with Gasteiger partial charge < -0.3 is 10.2 Å². The average Bonchev–Trinajstić information content (AvgIpc) is 2.55. The molecule has 0 fully saturated rings. The highest BCUT2D eigenvalue weighted by Crippen LogP contribution is 2.32. The van der Waals surface area contributed by atoms with Gasteiger partial charge in [-0.3, -0.25) is 4.79 Å². The molecule has 0 unspecified atom stereocenters. The smallest absolute Gasteiger partial charge is 0.228 e. The van der Waals surface area contributed by atoms with Crippen LogP contribution in [0, 0.1) is 0 Å². The lowest BCUT2D eigenvalue weighted by Gasteiger charge is -2.19. The van der Waals surface area contributed by atoms with Gasteiger partial charge in [0, 0.05) is 14.1 Å². The first-order valence-electron chi connectivity index (χ1n) is 7.82. The molecule has 0 radical (unpaired) electrons. The van der Waals surface area contributed by atoms with Crippen molar-refractivity contribution >= 4 is 38.7 Å². The Kier molecular flexibility index (Phi) is 6.08. The maximum absolute atomic E-state index is 12.3. The molecule has 134 valence electrons. The number of carbonyl (C=O) groups is 1. The predicted molar refractivity (Wildman–Crippen MR) is 102 cm³/mol. The summed E-state index contributed by atoms with van der Waals surface area (Å²) in [7, 11) is 0.469. The van der Waals surface area contributed by atoms with Crippen molar-refractivity contribution in [2.24, 2.45) is 0 Å². The minimum Gasteiger partial charge on any atom is -0.375 e. The fourth-order valence-electron chi connectivity index (χ4n) is 2.43. The topological polar surface area (TPSA) is 66.5 Å². The first kappa shape index (κ1) is 19.3. The van der Waals surface area contributed by atoms with Crippen LogP contribution in [0.5, 0.6) is 0 Å². The molecule has 0 bridgehead atoms. The zero-order valence-electron chi connectivity index (χ0n) is 14.4. The molecule has 0 aliphatic heterocycles. The molecule has 1 N–H and O–H groups in total. The lowest BCUT2D eigenvalue weighted by Crippen LogP contribution is -2.18. The standard InChI is InChI=1S/C18H21ClN2O3S/c1-4-25(23,24)14-10-8-13(9-11-14)12-17(22)20-16-7-5-6-15(19)18(16)21(2)3/h5-11H,4,12H2,1-3H3,(H,20,22). The Hall–Kier alpha value is -2.05. The van der Waals surface area contributed by atoms with Crippen molar-refractivity contribution < 1.29 is 13.2 Å². The normalized spacial score (nSPS) is 11.2. The highest BCUT2D eigenvalue weighted by molar-refractivity contribution is 7.91. The molecule has 0 aliphatic carbocycles.